The third-order valence-electron chi connectivity index (χ3n) is 4.62. The number of para-hydroxylation sites is 1. The van der Waals surface area contributed by atoms with Crippen LogP contribution in [-0.4, -0.2) is 34.2 Å². The molecule has 1 aliphatic heterocycles. The maximum atomic E-state index is 13.1. The summed E-state index contributed by atoms with van der Waals surface area (Å²) < 4.78 is 5.77. The molecule has 0 saturated carbocycles. The van der Waals surface area contributed by atoms with Gasteiger partial charge >= 0.3 is 0 Å². The third-order valence-corrected chi connectivity index (χ3v) is 4.62. The summed E-state index contributed by atoms with van der Waals surface area (Å²) in [6.07, 6.45) is 0.378. The van der Waals surface area contributed by atoms with Gasteiger partial charge in [-0.25, -0.2) is 0 Å². The fraction of sp³-hybridized carbons (Fsp3) is 0.200. The Hall–Kier alpha value is -3.12. The number of aliphatic hydroxyl groups excluding tert-OH is 1. The van der Waals surface area contributed by atoms with E-state index in [0.717, 1.165) is 0 Å². The number of hydrogen-bond donors (Lipinski definition) is 2. The molecule has 1 amide bonds. The summed E-state index contributed by atoms with van der Waals surface area (Å²) in [5.41, 5.74) is 1.01. The molecular weight excluding hydrogens is 334 g/mol. The van der Waals surface area contributed by atoms with Crippen molar-refractivity contribution in [3.8, 4) is 5.75 Å². The molecule has 2 heterocycles. The highest BCUT2D eigenvalue weighted by Crippen LogP contribution is 2.38. The predicted octanol–water partition coefficient (Wildman–Crippen LogP) is 2.43. The summed E-state index contributed by atoms with van der Waals surface area (Å²) >= 11 is 0. The number of phenolic OH excluding ortho intramolecular Hbond substituents is 1. The van der Waals surface area contributed by atoms with Gasteiger partial charge < -0.3 is 19.5 Å². The number of hydrogen-bond acceptors (Lipinski definition) is 5. The van der Waals surface area contributed by atoms with Crippen LogP contribution in [0.15, 0.2) is 57.7 Å². The van der Waals surface area contributed by atoms with Crippen molar-refractivity contribution in [2.75, 3.05) is 13.2 Å². The smallest absolute Gasteiger partial charge is 0.290 e. The van der Waals surface area contributed by atoms with Crippen molar-refractivity contribution < 1.29 is 19.4 Å². The van der Waals surface area contributed by atoms with Crippen molar-refractivity contribution in [2.45, 2.75) is 12.5 Å². The maximum absolute atomic E-state index is 13.1. The number of amides is 1. The number of carbonyl (C=O) groups is 1. The van der Waals surface area contributed by atoms with E-state index < -0.39 is 6.04 Å². The minimum absolute atomic E-state index is 0.0278. The molecule has 132 valence electrons. The van der Waals surface area contributed by atoms with Crippen LogP contribution < -0.4 is 5.43 Å². The third kappa shape index (κ3) is 2.46. The highest BCUT2D eigenvalue weighted by atomic mass is 16.3. The van der Waals surface area contributed by atoms with Crippen molar-refractivity contribution in [3.05, 3.63) is 75.6 Å². The molecule has 26 heavy (non-hydrogen) atoms. The molecule has 6 nitrogen and oxygen atoms in total. The Balaban J connectivity index is 1.97. The van der Waals surface area contributed by atoms with Crippen LogP contribution in [0, 0.1) is 0 Å². The van der Waals surface area contributed by atoms with Crippen LogP contribution in [0.25, 0.3) is 11.0 Å². The molecule has 0 unspecified atom stereocenters. The zero-order valence-electron chi connectivity index (χ0n) is 13.9. The Morgan fingerprint density at radius 3 is 2.65 bits per heavy atom. The van der Waals surface area contributed by atoms with Crippen LogP contribution in [0.5, 0.6) is 5.75 Å². The second kappa shape index (κ2) is 6.31. The van der Waals surface area contributed by atoms with Gasteiger partial charge in [0.05, 0.1) is 17.0 Å². The zero-order valence-corrected chi connectivity index (χ0v) is 13.9. The van der Waals surface area contributed by atoms with Gasteiger partial charge in [-0.1, -0.05) is 24.3 Å². The molecule has 1 atom stereocenters. The number of phenols is 1. The quantitative estimate of drug-likeness (QED) is 0.753. The highest BCUT2D eigenvalue weighted by molar-refractivity contribution is 5.99. The van der Waals surface area contributed by atoms with Crippen LogP contribution in [-0.2, 0) is 0 Å². The van der Waals surface area contributed by atoms with E-state index in [2.05, 4.69) is 0 Å². The summed E-state index contributed by atoms with van der Waals surface area (Å²) in [6.45, 7) is 0.200. The van der Waals surface area contributed by atoms with Crippen LogP contribution in [0.3, 0.4) is 0 Å². The topological polar surface area (TPSA) is 91.0 Å². The first-order chi connectivity index (χ1) is 12.6. The average Bonchev–Trinajstić information content (AvgIpc) is 2.93. The fourth-order valence-corrected chi connectivity index (χ4v) is 3.48. The minimum Gasteiger partial charge on any atom is -0.508 e. The second-order valence-electron chi connectivity index (χ2n) is 6.24. The molecule has 2 aromatic carbocycles. The standard InChI is InChI=1S/C20H17NO5/c22-10-4-9-21-17(12-5-3-6-13(23)11-12)16-18(24)14-7-1-2-8-15(14)26-19(16)20(21)25/h1-3,5-8,11,17,22-23H,4,9-10H2/t17-/m0/s1. The predicted molar refractivity (Wildman–Crippen MR) is 95.2 cm³/mol. The number of aliphatic hydroxyl groups is 1. The minimum atomic E-state index is -0.656. The summed E-state index contributed by atoms with van der Waals surface area (Å²) in [4.78, 5) is 27.5. The van der Waals surface area contributed by atoms with Gasteiger partial charge in [0.1, 0.15) is 11.3 Å². The van der Waals surface area contributed by atoms with E-state index in [1.807, 2.05) is 0 Å². The summed E-state index contributed by atoms with van der Waals surface area (Å²) in [5, 5.41) is 19.4. The van der Waals surface area contributed by atoms with Crippen molar-refractivity contribution >= 4 is 16.9 Å². The number of fused-ring (bicyclic) bond motifs is 2. The van der Waals surface area contributed by atoms with Crippen molar-refractivity contribution in [3.63, 3.8) is 0 Å². The Morgan fingerprint density at radius 1 is 1.08 bits per heavy atom. The van der Waals surface area contributed by atoms with E-state index in [4.69, 9.17) is 4.42 Å². The van der Waals surface area contributed by atoms with Crippen LogP contribution in [0.1, 0.15) is 34.1 Å². The SMILES string of the molecule is O=C1c2oc3ccccc3c(=O)c2[C@H](c2cccc(O)c2)N1CCCO. The molecule has 4 rings (SSSR count). The first-order valence-electron chi connectivity index (χ1n) is 8.38. The first kappa shape index (κ1) is 16.4. The van der Waals surface area contributed by atoms with Crippen LogP contribution >= 0.6 is 0 Å². The molecule has 0 radical (unpaired) electrons. The van der Waals surface area contributed by atoms with Gasteiger partial charge in [-0.15, -0.1) is 0 Å². The van der Waals surface area contributed by atoms with E-state index in [-0.39, 0.29) is 41.6 Å². The van der Waals surface area contributed by atoms with Crippen molar-refractivity contribution in [1.82, 2.24) is 4.90 Å². The molecule has 0 aliphatic carbocycles. The van der Waals surface area contributed by atoms with E-state index in [9.17, 15) is 19.8 Å². The molecule has 0 spiro atoms. The highest BCUT2D eigenvalue weighted by Gasteiger charge is 2.42. The largest absolute Gasteiger partial charge is 0.508 e. The molecule has 1 aromatic heterocycles. The monoisotopic (exact) mass is 351 g/mol. The Morgan fingerprint density at radius 2 is 1.88 bits per heavy atom. The summed E-state index contributed by atoms with van der Waals surface area (Å²) in [6, 6.07) is 12.6. The molecule has 0 bridgehead atoms. The van der Waals surface area contributed by atoms with Gasteiger partial charge in [0.15, 0.2) is 5.43 Å². The lowest BCUT2D eigenvalue weighted by Crippen LogP contribution is -2.31. The van der Waals surface area contributed by atoms with Crippen molar-refractivity contribution in [1.29, 1.82) is 0 Å². The molecule has 0 saturated heterocycles. The maximum Gasteiger partial charge on any atom is 0.290 e. The van der Waals surface area contributed by atoms with Gasteiger partial charge in [-0.05, 0) is 36.2 Å². The number of rotatable bonds is 4. The summed E-state index contributed by atoms with van der Waals surface area (Å²) in [7, 11) is 0. The van der Waals surface area contributed by atoms with E-state index in [0.29, 0.717) is 23.0 Å². The lowest BCUT2D eigenvalue weighted by Gasteiger charge is -2.24. The van der Waals surface area contributed by atoms with Gasteiger partial charge in [0.25, 0.3) is 5.91 Å². The number of carbonyl (C=O) groups excluding carboxylic acids is 1. The lowest BCUT2D eigenvalue weighted by atomic mass is 9.98. The van der Waals surface area contributed by atoms with E-state index >= 15 is 0 Å². The Bertz CT molecular complexity index is 1060. The second-order valence-corrected chi connectivity index (χ2v) is 6.24. The molecule has 6 heteroatoms. The van der Waals surface area contributed by atoms with E-state index in [1.54, 1.807) is 36.4 Å². The number of nitrogens with zero attached hydrogens (tertiary/aromatic N) is 1. The zero-order chi connectivity index (χ0) is 18.3. The van der Waals surface area contributed by atoms with Crippen molar-refractivity contribution in [2.24, 2.45) is 0 Å². The molecular formula is C20H17NO5. The van der Waals surface area contributed by atoms with Gasteiger partial charge in [0, 0.05) is 13.2 Å². The van der Waals surface area contributed by atoms with Crippen LogP contribution in [0.4, 0.5) is 0 Å². The molecule has 1 aliphatic rings. The lowest BCUT2D eigenvalue weighted by molar-refractivity contribution is 0.0716. The first-order valence-corrected chi connectivity index (χ1v) is 8.38. The van der Waals surface area contributed by atoms with Gasteiger partial charge in [0.2, 0.25) is 5.76 Å². The molecule has 2 N–H and O–H groups in total. The number of benzene rings is 2. The normalized spacial score (nSPS) is 16.3. The Kier molecular flexibility index (Phi) is 3.97. The van der Waals surface area contributed by atoms with E-state index in [1.165, 1.54) is 17.0 Å². The average molecular weight is 351 g/mol. The number of aromatic hydroxyl groups is 1. The molecule has 0 fully saturated rings. The van der Waals surface area contributed by atoms with Gasteiger partial charge in [-0.3, -0.25) is 9.59 Å². The van der Waals surface area contributed by atoms with Gasteiger partial charge in [-0.2, -0.15) is 0 Å². The van der Waals surface area contributed by atoms with Crippen LogP contribution in [0.2, 0.25) is 0 Å². The molecule has 3 aromatic rings. The fourth-order valence-electron chi connectivity index (χ4n) is 3.48. The Labute approximate surface area is 148 Å². The summed E-state index contributed by atoms with van der Waals surface area (Å²) in [5.74, 6) is -0.305.